The van der Waals surface area contributed by atoms with Crippen LogP contribution in [0.2, 0.25) is 0 Å². The zero-order valence-corrected chi connectivity index (χ0v) is 11.6. The average molecular weight is 259 g/mol. The van der Waals surface area contributed by atoms with Crippen molar-refractivity contribution in [3.05, 3.63) is 0 Å². The molecule has 17 heavy (non-hydrogen) atoms. The molecule has 0 saturated heterocycles. The van der Waals surface area contributed by atoms with Gasteiger partial charge in [-0.05, 0) is 13.3 Å². The van der Waals surface area contributed by atoms with Gasteiger partial charge in [0.1, 0.15) is 5.78 Å². The number of unbranched alkanes of at least 4 members (excludes halogenated alkanes) is 1. The number of carbonyl (C=O) groups excluding carboxylic acids is 3. The normalized spacial score (nSPS) is 11.9. The Balaban J connectivity index is 3.81. The number of hydrogen-bond donors (Lipinski definition) is 1. The zero-order chi connectivity index (χ0) is 13.3. The second-order valence-electron chi connectivity index (χ2n) is 3.94. The molecule has 0 aliphatic carbocycles. The highest BCUT2D eigenvalue weighted by atomic mass is 32.2. The molecule has 0 aromatic carbocycles. The van der Waals surface area contributed by atoms with Gasteiger partial charge in [0.15, 0.2) is 5.12 Å². The van der Waals surface area contributed by atoms with E-state index < -0.39 is 5.92 Å². The van der Waals surface area contributed by atoms with Gasteiger partial charge in [-0.25, -0.2) is 0 Å². The van der Waals surface area contributed by atoms with Crippen LogP contribution < -0.4 is 5.32 Å². The highest BCUT2D eigenvalue weighted by Crippen LogP contribution is 2.14. The van der Waals surface area contributed by atoms with Crippen molar-refractivity contribution in [3.63, 3.8) is 0 Å². The molecule has 1 atom stereocenters. The van der Waals surface area contributed by atoms with Crippen molar-refractivity contribution in [1.29, 1.82) is 0 Å². The minimum atomic E-state index is -0.524. The smallest absolute Gasteiger partial charge is 0.216 e. The van der Waals surface area contributed by atoms with Gasteiger partial charge in [0.2, 0.25) is 5.91 Å². The van der Waals surface area contributed by atoms with Gasteiger partial charge in [-0.15, -0.1) is 0 Å². The van der Waals surface area contributed by atoms with Crippen LogP contribution >= 0.6 is 11.8 Å². The van der Waals surface area contributed by atoms with Gasteiger partial charge >= 0.3 is 0 Å². The van der Waals surface area contributed by atoms with Gasteiger partial charge in [0.05, 0.1) is 5.92 Å². The van der Waals surface area contributed by atoms with Crippen LogP contribution in [0.3, 0.4) is 0 Å². The molecule has 0 saturated carbocycles. The van der Waals surface area contributed by atoms with E-state index in [4.69, 9.17) is 0 Å². The third-order valence-corrected chi connectivity index (χ3v) is 3.38. The largest absolute Gasteiger partial charge is 0.356 e. The van der Waals surface area contributed by atoms with Crippen molar-refractivity contribution < 1.29 is 14.4 Å². The number of thioether (sulfide) groups is 1. The van der Waals surface area contributed by atoms with Crippen LogP contribution in [0.1, 0.15) is 40.0 Å². The minimum Gasteiger partial charge on any atom is -0.356 e. The van der Waals surface area contributed by atoms with Crippen molar-refractivity contribution in [1.82, 2.24) is 5.32 Å². The van der Waals surface area contributed by atoms with Crippen molar-refractivity contribution in [2.24, 2.45) is 5.92 Å². The molecule has 0 radical (unpaired) electrons. The van der Waals surface area contributed by atoms with Gasteiger partial charge in [-0.2, -0.15) is 0 Å². The van der Waals surface area contributed by atoms with Crippen molar-refractivity contribution in [3.8, 4) is 0 Å². The van der Waals surface area contributed by atoms with E-state index in [2.05, 4.69) is 5.32 Å². The maximum Gasteiger partial charge on any atom is 0.216 e. The Morgan fingerprint density at radius 1 is 1.29 bits per heavy atom. The second-order valence-corrected chi connectivity index (χ2v) is 5.04. The Kier molecular flexibility index (Phi) is 8.76. The predicted molar refractivity (Wildman–Crippen MR) is 69.8 cm³/mol. The molecule has 98 valence electrons. The summed E-state index contributed by atoms with van der Waals surface area (Å²) in [5.41, 5.74) is 0. The summed E-state index contributed by atoms with van der Waals surface area (Å²) < 4.78 is 0. The zero-order valence-electron chi connectivity index (χ0n) is 10.7. The number of carbonyl (C=O) groups is 3. The van der Waals surface area contributed by atoms with E-state index in [0.29, 0.717) is 18.7 Å². The molecule has 4 nitrogen and oxygen atoms in total. The SMILES string of the molecule is CCCCC(=O)C(C)C(=O)SCCNC(C)=O. The first-order valence-corrected chi connectivity index (χ1v) is 6.91. The summed E-state index contributed by atoms with van der Waals surface area (Å²) in [7, 11) is 0. The molecule has 5 heteroatoms. The monoisotopic (exact) mass is 259 g/mol. The molecule has 0 fully saturated rings. The summed E-state index contributed by atoms with van der Waals surface area (Å²) in [6.07, 6.45) is 2.28. The molecule has 1 amide bonds. The van der Waals surface area contributed by atoms with E-state index in [1.54, 1.807) is 6.92 Å². The number of Topliss-reactive ketones (excluding diaryl/α,β-unsaturated/α-hetero) is 1. The maximum atomic E-state index is 11.6. The Morgan fingerprint density at radius 3 is 2.47 bits per heavy atom. The lowest BCUT2D eigenvalue weighted by atomic mass is 10.0. The molecular formula is C12H21NO3S. The van der Waals surface area contributed by atoms with Crippen LogP contribution in [-0.4, -0.2) is 29.1 Å². The molecule has 0 heterocycles. The van der Waals surface area contributed by atoms with E-state index in [-0.39, 0.29) is 16.8 Å². The van der Waals surface area contributed by atoms with Crippen LogP contribution in [0, 0.1) is 5.92 Å². The summed E-state index contributed by atoms with van der Waals surface area (Å²) in [6, 6.07) is 0. The van der Waals surface area contributed by atoms with Crippen molar-refractivity contribution >= 4 is 28.6 Å². The lowest BCUT2D eigenvalue weighted by Crippen LogP contribution is -2.24. The predicted octanol–water partition coefficient (Wildman–Crippen LogP) is 1.78. The molecule has 0 rings (SSSR count). The molecule has 0 aliphatic heterocycles. The molecule has 0 bridgehead atoms. The van der Waals surface area contributed by atoms with E-state index in [0.717, 1.165) is 24.6 Å². The van der Waals surface area contributed by atoms with Crippen molar-refractivity contribution in [2.45, 2.75) is 40.0 Å². The molecule has 1 unspecified atom stereocenters. The van der Waals surface area contributed by atoms with Gasteiger partial charge < -0.3 is 5.32 Å². The molecule has 0 aromatic heterocycles. The summed E-state index contributed by atoms with van der Waals surface area (Å²) in [4.78, 5) is 33.8. The Bertz CT molecular complexity index is 279. The highest BCUT2D eigenvalue weighted by molar-refractivity contribution is 8.13. The van der Waals surface area contributed by atoms with E-state index in [1.807, 2.05) is 6.92 Å². The number of ketones is 1. The molecule has 0 spiro atoms. The number of hydrogen-bond acceptors (Lipinski definition) is 4. The van der Waals surface area contributed by atoms with Gasteiger partial charge in [0, 0.05) is 25.6 Å². The third-order valence-electron chi connectivity index (χ3n) is 2.33. The third kappa shape index (κ3) is 7.96. The fourth-order valence-electron chi connectivity index (χ4n) is 1.20. The fourth-order valence-corrected chi connectivity index (χ4v) is 1.99. The Labute approximate surface area is 107 Å². The summed E-state index contributed by atoms with van der Waals surface area (Å²) in [5.74, 6) is -0.0954. The van der Waals surface area contributed by atoms with Gasteiger partial charge in [-0.1, -0.05) is 25.1 Å². The molecular weight excluding hydrogens is 238 g/mol. The number of rotatable bonds is 8. The van der Waals surface area contributed by atoms with E-state index in [1.165, 1.54) is 6.92 Å². The maximum absolute atomic E-state index is 11.6. The molecule has 1 N–H and O–H groups in total. The van der Waals surface area contributed by atoms with Crippen LogP contribution in [-0.2, 0) is 14.4 Å². The first kappa shape index (κ1) is 16.2. The van der Waals surface area contributed by atoms with Crippen LogP contribution in [0.5, 0.6) is 0 Å². The summed E-state index contributed by atoms with van der Waals surface area (Å²) in [6.45, 7) is 5.57. The highest BCUT2D eigenvalue weighted by Gasteiger charge is 2.20. The fraction of sp³-hybridized carbons (Fsp3) is 0.750. The molecule has 0 aliphatic rings. The van der Waals surface area contributed by atoms with Gasteiger partial charge in [0.25, 0.3) is 0 Å². The standard InChI is InChI=1S/C12H21NO3S/c1-4-5-6-11(15)9(2)12(16)17-8-7-13-10(3)14/h9H,4-8H2,1-3H3,(H,13,14). The number of amides is 1. The first-order valence-electron chi connectivity index (χ1n) is 5.92. The minimum absolute atomic E-state index is 0.0175. The lowest BCUT2D eigenvalue weighted by Gasteiger charge is -2.08. The van der Waals surface area contributed by atoms with E-state index in [9.17, 15) is 14.4 Å². The average Bonchev–Trinajstić information content (AvgIpc) is 2.30. The summed E-state index contributed by atoms with van der Waals surface area (Å²) >= 11 is 1.11. The topological polar surface area (TPSA) is 63.2 Å². The Morgan fingerprint density at radius 2 is 1.94 bits per heavy atom. The van der Waals surface area contributed by atoms with E-state index >= 15 is 0 Å². The molecule has 0 aromatic rings. The number of nitrogens with one attached hydrogen (secondary N) is 1. The van der Waals surface area contributed by atoms with Crippen molar-refractivity contribution in [2.75, 3.05) is 12.3 Å². The quantitative estimate of drug-likeness (QED) is 0.533. The van der Waals surface area contributed by atoms with Crippen LogP contribution in [0.25, 0.3) is 0 Å². The van der Waals surface area contributed by atoms with Crippen LogP contribution in [0.4, 0.5) is 0 Å². The van der Waals surface area contributed by atoms with Crippen LogP contribution in [0.15, 0.2) is 0 Å². The lowest BCUT2D eigenvalue weighted by molar-refractivity contribution is -0.128. The Hall–Kier alpha value is -0.840. The first-order chi connectivity index (χ1) is 7.99. The second kappa shape index (κ2) is 9.22. The summed E-state index contributed by atoms with van der Waals surface area (Å²) in [5, 5.41) is 2.51. The van der Waals surface area contributed by atoms with Gasteiger partial charge in [-0.3, -0.25) is 14.4 Å².